The Bertz CT molecular complexity index is 1420. The van der Waals surface area contributed by atoms with Crippen molar-refractivity contribution >= 4 is 25.3 Å². The van der Waals surface area contributed by atoms with Crippen LogP contribution in [0.4, 0.5) is 0 Å². The molecule has 0 aliphatic heterocycles. The third kappa shape index (κ3) is 6.42. The summed E-state index contributed by atoms with van der Waals surface area (Å²) in [6.45, 7) is 15.9. The fraction of sp³-hybridized carbons (Fsp3) is 0.433. The molecule has 0 radical (unpaired) electrons. The number of rotatable bonds is 11. The number of ether oxygens (including phenoxy) is 1. The number of aromatic nitrogens is 3. The molecule has 0 bridgehead atoms. The maximum absolute atomic E-state index is 11.8. The zero-order valence-corrected chi connectivity index (χ0v) is 25.0. The summed E-state index contributed by atoms with van der Waals surface area (Å²) < 4.78 is 20.4. The maximum Gasteiger partial charge on any atom is 0.268 e. The van der Waals surface area contributed by atoms with Crippen molar-refractivity contribution in [3.05, 3.63) is 66.2 Å². The van der Waals surface area contributed by atoms with Gasteiger partial charge >= 0.3 is 0 Å². The SMILES string of the molecule is CCOc1ccc(-c2nc3c(CC[C@H]([C@H](C)O[Si](C)(C)C(C)(C)C)n4cnc(C(N)=O)c4)cccc3o2)cc1. The van der Waals surface area contributed by atoms with Crippen LogP contribution in [0.25, 0.3) is 22.6 Å². The van der Waals surface area contributed by atoms with Gasteiger partial charge in [0.1, 0.15) is 17.0 Å². The fourth-order valence-electron chi connectivity index (χ4n) is 4.49. The molecular weight excluding hydrogens is 508 g/mol. The van der Waals surface area contributed by atoms with Gasteiger partial charge in [-0.1, -0.05) is 32.9 Å². The van der Waals surface area contributed by atoms with Crippen molar-refractivity contribution in [3.8, 4) is 17.2 Å². The summed E-state index contributed by atoms with van der Waals surface area (Å²) >= 11 is 0. The van der Waals surface area contributed by atoms with Crippen LogP contribution in [0.15, 0.2) is 59.4 Å². The van der Waals surface area contributed by atoms with Gasteiger partial charge < -0.3 is 23.9 Å². The van der Waals surface area contributed by atoms with Crippen molar-refractivity contribution < 1.29 is 18.4 Å². The first-order chi connectivity index (χ1) is 18.4. The van der Waals surface area contributed by atoms with Crippen molar-refractivity contribution in [2.75, 3.05) is 6.61 Å². The Balaban J connectivity index is 1.60. The number of carbonyl (C=O) groups is 1. The predicted molar refractivity (Wildman–Crippen MR) is 156 cm³/mol. The third-order valence-corrected chi connectivity index (χ3v) is 12.3. The second-order valence-electron chi connectivity index (χ2n) is 11.5. The number of amides is 1. The molecule has 0 spiro atoms. The number of fused-ring (bicyclic) bond motifs is 1. The van der Waals surface area contributed by atoms with E-state index in [-0.39, 0.29) is 22.9 Å². The Labute approximate surface area is 231 Å². The van der Waals surface area contributed by atoms with Crippen molar-refractivity contribution in [1.29, 1.82) is 0 Å². The molecule has 208 valence electrons. The first kappa shape index (κ1) is 28.6. The second-order valence-corrected chi connectivity index (χ2v) is 16.3. The minimum Gasteiger partial charge on any atom is -0.494 e. The normalized spacial score (nSPS) is 13.9. The molecule has 0 fully saturated rings. The summed E-state index contributed by atoms with van der Waals surface area (Å²) in [5, 5.41) is 0.0721. The molecule has 0 saturated heterocycles. The lowest BCUT2D eigenvalue weighted by atomic mass is 10.0. The van der Waals surface area contributed by atoms with Crippen molar-refractivity contribution in [2.24, 2.45) is 5.73 Å². The monoisotopic (exact) mass is 548 g/mol. The van der Waals surface area contributed by atoms with E-state index >= 15 is 0 Å². The Morgan fingerprint density at radius 3 is 2.49 bits per heavy atom. The summed E-state index contributed by atoms with van der Waals surface area (Å²) in [7, 11) is -2.04. The largest absolute Gasteiger partial charge is 0.494 e. The highest BCUT2D eigenvalue weighted by Crippen LogP contribution is 2.39. The van der Waals surface area contributed by atoms with Crippen LogP contribution in [0, 0.1) is 0 Å². The number of aryl methyl sites for hydroxylation is 1. The van der Waals surface area contributed by atoms with Gasteiger partial charge in [-0.3, -0.25) is 4.79 Å². The molecule has 2 atom stereocenters. The zero-order valence-electron chi connectivity index (χ0n) is 24.0. The number of nitrogens with zero attached hydrogens (tertiary/aromatic N) is 3. The van der Waals surface area contributed by atoms with Crippen LogP contribution < -0.4 is 10.5 Å². The van der Waals surface area contributed by atoms with E-state index in [2.05, 4.69) is 51.8 Å². The average molecular weight is 549 g/mol. The van der Waals surface area contributed by atoms with E-state index in [1.54, 1.807) is 12.5 Å². The third-order valence-electron chi connectivity index (χ3n) is 7.69. The zero-order chi connectivity index (χ0) is 28.4. The molecule has 0 saturated carbocycles. The Morgan fingerprint density at radius 2 is 1.87 bits per heavy atom. The van der Waals surface area contributed by atoms with E-state index in [0.717, 1.165) is 40.8 Å². The molecule has 0 unspecified atom stereocenters. The molecule has 39 heavy (non-hydrogen) atoms. The average Bonchev–Trinajstić information content (AvgIpc) is 3.52. The number of primary amides is 1. The van der Waals surface area contributed by atoms with E-state index in [1.807, 2.05) is 47.9 Å². The van der Waals surface area contributed by atoms with Gasteiger partial charge in [0.25, 0.3) is 5.91 Å². The van der Waals surface area contributed by atoms with Crippen molar-refractivity contribution in [2.45, 2.75) is 77.7 Å². The van der Waals surface area contributed by atoms with E-state index in [4.69, 9.17) is 24.3 Å². The molecule has 8 nitrogen and oxygen atoms in total. The number of hydrogen-bond acceptors (Lipinski definition) is 6. The van der Waals surface area contributed by atoms with Gasteiger partial charge in [-0.2, -0.15) is 0 Å². The minimum absolute atomic E-state index is 0.0486. The number of nitrogens with two attached hydrogens (primary N) is 1. The molecule has 2 heterocycles. The molecule has 0 aliphatic rings. The lowest BCUT2D eigenvalue weighted by Crippen LogP contribution is -2.45. The van der Waals surface area contributed by atoms with Crippen LogP contribution in [-0.4, -0.2) is 41.5 Å². The molecule has 9 heteroatoms. The lowest BCUT2D eigenvalue weighted by molar-refractivity contribution is 0.0995. The van der Waals surface area contributed by atoms with Gasteiger partial charge in [-0.25, -0.2) is 9.97 Å². The van der Waals surface area contributed by atoms with E-state index in [9.17, 15) is 4.79 Å². The molecule has 2 N–H and O–H groups in total. The number of oxazole rings is 1. The number of carbonyl (C=O) groups excluding carboxylic acids is 1. The first-order valence-electron chi connectivity index (χ1n) is 13.5. The van der Waals surface area contributed by atoms with Crippen molar-refractivity contribution in [1.82, 2.24) is 14.5 Å². The van der Waals surface area contributed by atoms with Gasteiger partial charge in [0.15, 0.2) is 13.9 Å². The van der Waals surface area contributed by atoms with Gasteiger partial charge in [0, 0.05) is 11.8 Å². The molecule has 1 amide bonds. The lowest BCUT2D eigenvalue weighted by Gasteiger charge is -2.40. The van der Waals surface area contributed by atoms with E-state index in [1.165, 1.54) is 0 Å². The standard InChI is InChI=1S/C30H40N4O4Si/c1-8-36-23-15-12-22(13-16-23)29-33-27-21(10-9-11-26(27)37-29)14-17-25(34-18-24(28(31)35)32-19-34)20(2)38-39(6,7)30(3,4)5/h9-13,15-16,18-20,25H,8,14,17H2,1-7H3,(H2,31,35)/t20-,25+/m0/s1. The summed E-state index contributed by atoms with van der Waals surface area (Å²) in [5.74, 6) is 0.851. The minimum atomic E-state index is -2.04. The summed E-state index contributed by atoms with van der Waals surface area (Å²) in [4.78, 5) is 20.9. The molecule has 0 aliphatic carbocycles. The Hall–Kier alpha value is -3.43. The summed E-state index contributed by atoms with van der Waals surface area (Å²) in [6.07, 6.45) is 4.80. The number of imidazole rings is 1. The van der Waals surface area contributed by atoms with Crippen LogP contribution >= 0.6 is 0 Å². The van der Waals surface area contributed by atoms with Gasteiger partial charge in [0.2, 0.25) is 5.89 Å². The Kier molecular flexibility index (Phi) is 8.32. The van der Waals surface area contributed by atoms with Gasteiger partial charge in [0.05, 0.1) is 25.1 Å². The topological polar surface area (TPSA) is 105 Å². The molecule has 4 aromatic rings. The Morgan fingerprint density at radius 1 is 1.15 bits per heavy atom. The van der Waals surface area contributed by atoms with Gasteiger partial charge in [-0.15, -0.1) is 0 Å². The fourth-order valence-corrected chi connectivity index (χ4v) is 5.93. The molecule has 2 aromatic heterocycles. The second kappa shape index (κ2) is 11.4. The van der Waals surface area contributed by atoms with Crippen LogP contribution in [0.1, 0.15) is 63.1 Å². The summed E-state index contributed by atoms with van der Waals surface area (Å²) in [6, 6.07) is 13.8. The van der Waals surface area contributed by atoms with Gasteiger partial charge in [-0.05, 0) is 80.7 Å². The highest BCUT2D eigenvalue weighted by molar-refractivity contribution is 6.74. The van der Waals surface area contributed by atoms with Crippen LogP contribution in [0.2, 0.25) is 18.1 Å². The quantitative estimate of drug-likeness (QED) is 0.207. The first-order valence-corrected chi connectivity index (χ1v) is 16.4. The maximum atomic E-state index is 11.8. The molecule has 4 rings (SSSR count). The van der Waals surface area contributed by atoms with Crippen molar-refractivity contribution in [3.63, 3.8) is 0 Å². The number of benzene rings is 2. The molecule has 2 aromatic carbocycles. The van der Waals surface area contributed by atoms with E-state index < -0.39 is 14.2 Å². The van der Waals surface area contributed by atoms with Crippen LogP contribution in [0.3, 0.4) is 0 Å². The highest BCUT2D eigenvalue weighted by Gasteiger charge is 2.40. The van der Waals surface area contributed by atoms with Crippen LogP contribution in [-0.2, 0) is 10.8 Å². The van der Waals surface area contributed by atoms with Crippen LogP contribution in [0.5, 0.6) is 5.75 Å². The smallest absolute Gasteiger partial charge is 0.268 e. The predicted octanol–water partition coefficient (Wildman–Crippen LogP) is 6.77. The summed E-state index contributed by atoms with van der Waals surface area (Å²) in [5.41, 5.74) is 9.33. The molecular formula is C30H40N4O4Si. The number of hydrogen-bond donors (Lipinski definition) is 1. The number of para-hydroxylation sites is 1. The van der Waals surface area contributed by atoms with E-state index in [0.29, 0.717) is 12.5 Å². The highest BCUT2D eigenvalue weighted by atomic mass is 28.4.